The smallest absolute Gasteiger partial charge is 0.407 e. The van der Waals surface area contributed by atoms with Gasteiger partial charge in [-0.2, -0.15) is 0 Å². The van der Waals surface area contributed by atoms with Gasteiger partial charge in [0.25, 0.3) is 0 Å². The minimum absolute atomic E-state index is 0.109. The van der Waals surface area contributed by atoms with Gasteiger partial charge in [-0.05, 0) is 57.2 Å². The van der Waals surface area contributed by atoms with Gasteiger partial charge in [0.05, 0.1) is 6.10 Å². The van der Waals surface area contributed by atoms with Gasteiger partial charge >= 0.3 is 6.09 Å². The zero-order chi connectivity index (χ0) is 20.5. The molecular weight excluding hydrogens is 366 g/mol. The minimum atomic E-state index is -1.08. The lowest BCUT2D eigenvalue weighted by Gasteiger charge is -2.39. The number of aliphatic hydroxyl groups is 1. The maximum Gasteiger partial charge on any atom is 0.407 e. The molecule has 7 heteroatoms. The number of alkyl halides is 1. The van der Waals surface area contributed by atoms with Crippen LogP contribution in [0, 0.1) is 5.82 Å². The molecule has 0 spiro atoms. The molecule has 1 saturated heterocycles. The highest BCUT2D eigenvalue weighted by atomic mass is 19.1. The van der Waals surface area contributed by atoms with Crippen molar-refractivity contribution < 1.29 is 23.4 Å². The predicted octanol–water partition coefficient (Wildman–Crippen LogP) is 3.37. The number of alkyl carbamates (subject to hydrolysis) is 1. The summed E-state index contributed by atoms with van der Waals surface area (Å²) in [6, 6.07) is 5.79. The summed E-state index contributed by atoms with van der Waals surface area (Å²) in [6.07, 6.45) is -0.733. The van der Waals surface area contributed by atoms with Crippen LogP contribution in [0.3, 0.4) is 0 Å². The molecule has 1 amide bonds. The molecule has 1 aliphatic carbocycles. The number of halogens is 2. The first-order valence-corrected chi connectivity index (χ1v) is 9.92. The maximum atomic E-state index is 14.4. The number of carbonyl (C=O) groups excluding carboxylic acids is 1. The van der Waals surface area contributed by atoms with Crippen LogP contribution in [0.1, 0.15) is 51.5 Å². The number of piperidine rings is 1. The number of benzene rings is 1. The van der Waals surface area contributed by atoms with E-state index >= 15 is 0 Å². The molecule has 0 unspecified atom stereocenters. The zero-order valence-electron chi connectivity index (χ0n) is 16.7. The third kappa shape index (κ3) is 5.41. The van der Waals surface area contributed by atoms with Crippen molar-refractivity contribution in [3.05, 3.63) is 35.6 Å². The van der Waals surface area contributed by atoms with Gasteiger partial charge in [-0.3, -0.25) is 4.90 Å². The first kappa shape index (κ1) is 21.0. The quantitative estimate of drug-likeness (QED) is 0.822. The average Bonchev–Trinajstić information content (AvgIpc) is 2.95. The van der Waals surface area contributed by atoms with Crippen molar-refractivity contribution in [3.8, 4) is 0 Å². The lowest BCUT2D eigenvalue weighted by molar-refractivity contribution is 0.0161. The Kier molecular flexibility index (Phi) is 6.25. The van der Waals surface area contributed by atoms with E-state index in [4.69, 9.17) is 4.74 Å². The summed E-state index contributed by atoms with van der Waals surface area (Å²) in [5.74, 6) is -0.177. The highest BCUT2D eigenvalue weighted by molar-refractivity contribution is 5.68. The molecule has 28 heavy (non-hydrogen) atoms. The fourth-order valence-electron chi connectivity index (χ4n) is 4.31. The third-order valence-electron chi connectivity index (χ3n) is 5.46. The maximum absolute atomic E-state index is 14.4. The molecule has 1 aromatic carbocycles. The Hall–Kier alpha value is -1.73. The zero-order valence-corrected chi connectivity index (χ0v) is 16.7. The van der Waals surface area contributed by atoms with Gasteiger partial charge in [0.1, 0.15) is 17.6 Å². The topological polar surface area (TPSA) is 61.8 Å². The number of hydrogen-bond acceptors (Lipinski definition) is 4. The predicted molar refractivity (Wildman–Crippen MR) is 102 cm³/mol. The molecule has 3 rings (SSSR count). The van der Waals surface area contributed by atoms with Crippen LogP contribution in [-0.4, -0.2) is 59.1 Å². The Labute approximate surface area is 165 Å². The fourth-order valence-corrected chi connectivity index (χ4v) is 4.31. The summed E-state index contributed by atoms with van der Waals surface area (Å²) < 4.78 is 32.8. The van der Waals surface area contributed by atoms with Crippen LogP contribution < -0.4 is 5.32 Å². The van der Waals surface area contributed by atoms with E-state index in [0.29, 0.717) is 19.4 Å². The van der Waals surface area contributed by atoms with Crippen molar-refractivity contribution in [3.63, 3.8) is 0 Å². The second-order valence-corrected chi connectivity index (χ2v) is 8.98. The normalized spacial score (nSPS) is 31.6. The van der Waals surface area contributed by atoms with E-state index in [1.807, 2.05) is 4.90 Å². The number of carbonyl (C=O) groups is 1. The summed E-state index contributed by atoms with van der Waals surface area (Å²) in [4.78, 5) is 14.0. The van der Waals surface area contributed by atoms with E-state index in [1.165, 1.54) is 12.1 Å². The van der Waals surface area contributed by atoms with E-state index in [0.717, 1.165) is 5.56 Å². The minimum Gasteiger partial charge on any atom is -0.444 e. The van der Waals surface area contributed by atoms with Crippen molar-refractivity contribution in [2.24, 2.45) is 0 Å². The van der Waals surface area contributed by atoms with Crippen LogP contribution >= 0.6 is 0 Å². The number of aliphatic hydroxyl groups excluding tert-OH is 1. The van der Waals surface area contributed by atoms with Gasteiger partial charge in [-0.1, -0.05) is 12.1 Å². The first-order chi connectivity index (χ1) is 13.1. The highest BCUT2D eigenvalue weighted by Crippen LogP contribution is 2.38. The summed E-state index contributed by atoms with van der Waals surface area (Å²) in [5.41, 5.74) is 0.373. The van der Waals surface area contributed by atoms with Crippen molar-refractivity contribution in [2.45, 2.75) is 75.9 Å². The van der Waals surface area contributed by atoms with E-state index in [9.17, 15) is 18.7 Å². The van der Waals surface area contributed by atoms with Crippen LogP contribution in [0.2, 0.25) is 0 Å². The molecule has 5 nitrogen and oxygen atoms in total. The lowest BCUT2D eigenvalue weighted by Crippen LogP contribution is -2.56. The Morgan fingerprint density at radius 2 is 1.86 bits per heavy atom. The Morgan fingerprint density at radius 1 is 1.18 bits per heavy atom. The van der Waals surface area contributed by atoms with E-state index < -0.39 is 24.0 Å². The Bertz CT molecular complexity index is 677. The van der Waals surface area contributed by atoms with Crippen LogP contribution in [0.25, 0.3) is 0 Å². The van der Waals surface area contributed by atoms with Gasteiger partial charge in [0, 0.05) is 31.6 Å². The molecule has 1 aliphatic heterocycles. The highest BCUT2D eigenvalue weighted by Gasteiger charge is 2.41. The Balaban J connectivity index is 1.62. The van der Waals surface area contributed by atoms with Crippen LogP contribution in [0.4, 0.5) is 13.6 Å². The van der Waals surface area contributed by atoms with Crippen LogP contribution in [0.15, 0.2) is 24.3 Å². The van der Waals surface area contributed by atoms with Crippen molar-refractivity contribution in [1.82, 2.24) is 10.2 Å². The molecule has 5 atom stereocenters. The standard InChI is InChI=1S/C21H30F2N2O3/c1-21(2,3)28-20(27)24-17-10-16(23)11-25(12-17)18-8-14(9-19(18)26)13-4-6-15(22)7-5-13/h4-7,14,16-19,26H,8-12H2,1-3H3,(H,24,27)/t14-,16-,17-,18+,19+/m1/s1. The van der Waals surface area contributed by atoms with Crippen molar-refractivity contribution in [2.75, 3.05) is 13.1 Å². The van der Waals surface area contributed by atoms with Gasteiger partial charge in [0.2, 0.25) is 0 Å². The molecule has 0 radical (unpaired) electrons. The fraction of sp³-hybridized carbons (Fsp3) is 0.667. The van der Waals surface area contributed by atoms with E-state index in [1.54, 1.807) is 32.9 Å². The first-order valence-electron chi connectivity index (χ1n) is 9.92. The number of rotatable bonds is 3. The van der Waals surface area contributed by atoms with Crippen molar-refractivity contribution in [1.29, 1.82) is 0 Å². The van der Waals surface area contributed by atoms with Gasteiger partial charge in [0.15, 0.2) is 0 Å². The van der Waals surface area contributed by atoms with Gasteiger partial charge in [-0.25, -0.2) is 13.6 Å². The number of nitrogens with zero attached hydrogens (tertiary/aromatic N) is 1. The molecule has 1 aromatic rings. The van der Waals surface area contributed by atoms with Gasteiger partial charge < -0.3 is 15.2 Å². The van der Waals surface area contributed by atoms with Crippen LogP contribution in [0.5, 0.6) is 0 Å². The summed E-state index contributed by atoms with van der Waals surface area (Å²) >= 11 is 0. The molecule has 156 valence electrons. The molecular formula is C21H30F2N2O3. The monoisotopic (exact) mass is 396 g/mol. The number of nitrogens with one attached hydrogen (secondary N) is 1. The molecule has 1 saturated carbocycles. The van der Waals surface area contributed by atoms with Crippen molar-refractivity contribution >= 4 is 6.09 Å². The second-order valence-electron chi connectivity index (χ2n) is 8.98. The molecule has 0 aromatic heterocycles. The second kappa shape index (κ2) is 8.33. The van der Waals surface area contributed by atoms with E-state index in [2.05, 4.69) is 5.32 Å². The average molecular weight is 396 g/mol. The molecule has 2 fully saturated rings. The molecule has 1 heterocycles. The number of likely N-dealkylation sites (tertiary alicyclic amines) is 1. The summed E-state index contributed by atoms with van der Waals surface area (Å²) in [5, 5.41) is 13.3. The summed E-state index contributed by atoms with van der Waals surface area (Å²) in [7, 11) is 0. The van der Waals surface area contributed by atoms with Gasteiger partial charge in [-0.15, -0.1) is 0 Å². The number of amides is 1. The SMILES string of the molecule is CC(C)(C)OC(=O)N[C@@H]1C[C@@H](F)CN([C@H]2C[C@@H](c3ccc(F)cc3)C[C@@H]2O)C1. The molecule has 0 bridgehead atoms. The lowest BCUT2D eigenvalue weighted by atomic mass is 9.96. The molecule has 2 aliphatic rings. The molecule has 2 N–H and O–H groups in total. The van der Waals surface area contributed by atoms with E-state index in [-0.39, 0.29) is 36.8 Å². The Morgan fingerprint density at radius 3 is 2.50 bits per heavy atom. The summed E-state index contributed by atoms with van der Waals surface area (Å²) in [6.45, 7) is 6.05. The number of ether oxygens (including phenoxy) is 1. The largest absolute Gasteiger partial charge is 0.444 e. The third-order valence-corrected chi connectivity index (χ3v) is 5.46. The van der Waals surface area contributed by atoms with Crippen LogP contribution in [-0.2, 0) is 4.74 Å². The number of hydrogen-bond donors (Lipinski definition) is 2.